The summed E-state index contributed by atoms with van der Waals surface area (Å²) in [5, 5.41) is 3.25. The molecule has 14 heavy (non-hydrogen) atoms. The molecule has 0 bridgehead atoms. The van der Waals surface area contributed by atoms with Crippen LogP contribution in [0.15, 0.2) is 0 Å². The lowest BCUT2D eigenvalue weighted by molar-refractivity contribution is 0.113. The highest BCUT2D eigenvalue weighted by Gasteiger charge is 2.40. The van der Waals surface area contributed by atoms with Gasteiger partial charge in [0.05, 0.1) is 6.61 Å². The average Bonchev–Trinajstić information content (AvgIpc) is 2.85. The fourth-order valence-corrected chi connectivity index (χ4v) is 1.24. The molecule has 1 aliphatic carbocycles. The molecule has 4 nitrogen and oxygen atoms in total. The van der Waals surface area contributed by atoms with Crippen LogP contribution in [0.25, 0.3) is 0 Å². The normalized spacial score (nSPS) is 16.8. The molecule has 5 heteroatoms. The van der Waals surface area contributed by atoms with Crippen molar-refractivity contribution < 1.29 is 9.53 Å². The minimum absolute atomic E-state index is 0. The van der Waals surface area contributed by atoms with Crippen LogP contribution in [-0.4, -0.2) is 44.3 Å². The second kappa shape index (κ2) is 5.41. The molecule has 1 N–H and O–H groups in total. The number of ether oxygens (including phenoxy) is 1. The van der Waals surface area contributed by atoms with Crippen molar-refractivity contribution in [3.8, 4) is 0 Å². The Kier molecular flexibility index (Phi) is 5.23. The van der Waals surface area contributed by atoms with E-state index in [0.717, 1.165) is 6.42 Å². The largest absolute Gasteiger partial charge is 0.449 e. The Bertz CT molecular complexity index is 193. The number of carbonyl (C=O) groups is 1. The Labute approximate surface area is 91.4 Å². The molecular formula is C9H19ClN2O2. The van der Waals surface area contributed by atoms with E-state index in [9.17, 15) is 4.79 Å². The lowest BCUT2D eigenvalue weighted by Crippen LogP contribution is -2.30. The fourth-order valence-electron chi connectivity index (χ4n) is 1.24. The van der Waals surface area contributed by atoms with Crippen molar-refractivity contribution >= 4 is 18.5 Å². The molecule has 0 spiro atoms. The summed E-state index contributed by atoms with van der Waals surface area (Å²) in [7, 11) is 5.33. The molecule has 0 radical (unpaired) electrons. The van der Waals surface area contributed by atoms with Gasteiger partial charge in [0.25, 0.3) is 0 Å². The maximum Gasteiger partial charge on any atom is 0.409 e. The van der Waals surface area contributed by atoms with Gasteiger partial charge in [-0.05, 0) is 26.3 Å². The molecule has 0 aromatic heterocycles. The topological polar surface area (TPSA) is 41.6 Å². The molecule has 1 aliphatic rings. The molecular weight excluding hydrogens is 204 g/mol. The van der Waals surface area contributed by atoms with Crippen LogP contribution in [0, 0.1) is 0 Å². The summed E-state index contributed by atoms with van der Waals surface area (Å²) in [5.41, 5.74) is 0.270. The van der Waals surface area contributed by atoms with Crippen molar-refractivity contribution in [2.24, 2.45) is 0 Å². The SMILES string of the molecule is CNC1(CCOC(=O)N(C)C)CC1.Cl. The number of hydrogen-bond donors (Lipinski definition) is 1. The number of rotatable bonds is 4. The van der Waals surface area contributed by atoms with Crippen LogP contribution in [0.4, 0.5) is 4.79 Å². The second-order valence-electron chi connectivity index (χ2n) is 3.79. The van der Waals surface area contributed by atoms with Crippen LogP contribution in [0.1, 0.15) is 19.3 Å². The Hall–Kier alpha value is -0.480. The van der Waals surface area contributed by atoms with Gasteiger partial charge in [0.15, 0.2) is 0 Å². The van der Waals surface area contributed by atoms with Crippen LogP contribution >= 0.6 is 12.4 Å². The predicted octanol–water partition coefficient (Wildman–Crippen LogP) is 1.25. The van der Waals surface area contributed by atoms with Gasteiger partial charge in [0.2, 0.25) is 0 Å². The van der Waals surface area contributed by atoms with Gasteiger partial charge in [-0.25, -0.2) is 4.79 Å². The first-order valence-corrected chi connectivity index (χ1v) is 4.63. The van der Waals surface area contributed by atoms with E-state index in [1.165, 1.54) is 17.7 Å². The van der Waals surface area contributed by atoms with E-state index < -0.39 is 0 Å². The molecule has 0 saturated heterocycles. The second-order valence-corrected chi connectivity index (χ2v) is 3.79. The van der Waals surface area contributed by atoms with Gasteiger partial charge in [-0.2, -0.15) is 0 Å². The molecule has 0 unspecified atom stereocenters. The van der Waals surface area contributed by atoms with Gasteiger partial charge in [-0.3, -0.25) is 0 Å². The van der Waals surface area contributed by atoms with E-state index in [-0.39, 0.29) is 24.0 Å². The summed E-state index contributed by atoms with van der Waals surface area (Å²) in [4.78, 5) is 12.5. The Morgan fingerprint density at radius 1 is 1.50 bits per heavy atom. The summed E-state index contributed by atoms with van der Waals surface area (Å²) in [6, 6.07) is 0. The first-order valence-electron chi connectivity index (χ1n) is 4.63. The number of nitrogens with zero attached hydrogens (tertiary/aromatic N) is 1. The summed E-state index contributed by atoms with van der Waals surface area (Å²) in [6.07, 6.45) is 3.06. The van der Waals surface area contributed by atoms with Gasteiger partial charge in [-0.15, -0.1) is 12.4 Å². The zero-order valence-corrected chi connectivity index (χ0v) is 9.82. The van der Waals surface area contributed by atoms with E-state index in [2.05, 4.69) is 5.32 Å². The lowest BCUT2D eigenvalue weighted by Gasteiger charge is -2.15. The Morgan fingerprint density at radius 2 is 2.07 bits per heavy atom. The monoisotopic (exact) mass is 222 g/mol. The van der Waals surface area contributed by atoms with Crippen LogP contribution in [-0.2, 0) is 4.74 Å². The Balaban J connectivity index is 0.00000169. The minimum atomic E-state index is -0.257. The van der Waals surface area contributed by atoms with Crippen molar-refractivity contribution in [1.82, 2.24) is 10.2 Å². The molecule has 0 aliphatic heterocycles. The molecule has 84 valence electrons. The summed E-state index contributed by atoms with van der Waals surface area (Å²) in [6.45, 7) is 0.512. The zero-order valence-electron chi connectivity index (χ0n) is 9.00. The molecule has 1 fully saturated rings. The number of nitrogens with one attached hydrogen (secondary N) is 1. The molecule has 0 aromatic rings. The number of hydrogen-bond acceptors (Lipinski definition) is 3. The van der Waals surface area contributed by atoms with Crippen molar-refractivity contribution in [2.45, 2.75) is 24.8 Å². The Morgan fingerprint density at radius 3 is 2.43 bits per heavy atom. The smallest absolute Gasteiger partial charge is 0.409 e. The van der Waals surface area contributed by atoms with Gasteiger partial charge in [0, 0.05) is 19.6 Å². The fraction of sp³-hybridized carbons (Fsp3) is 0.889. The zero-order chi connectivity index (χ0) is 9.90. The molecule has 1 rings (SSSR count). The number of amides is 1. The first kappa shape index (κ1) is 13.5. The van der Waals surface area contributed by atoms with Crippen LogP contribution < -0.4 is 5.32 Å². The third-order valence-electron chi connectivity index (χ3n) is 2.56. The van der Waals surface area contributed by atoms with Gasteiger partial charge in [0.1, 0.15) is 0 Å². The van der Waals surface area contributed by atoms with Crippen molar-refractivity contribution in [3.05, 3.63) is 0 Å². The van der Waals surface area contributed by atoms with Crippen LogP contribution in [0.3, 0.4) is 0 Å². The van der Waals surface area contributed by atoms with E-state index >= 15 is 0 Å². The maximum absolute atomic E-state index is 11.0. The van der Waals surface area contributed by atoms with Crippen molar-refractivity contribution in [3.63, 3.8) is 0 Å². The third-order valence-corrected chi connectivity index (χ3v) is 2.56. The van der Waals surface area contributed by atoms with Gasteiger partial charge < -0.3 is 15.0 Å². The molecule has 0 aromatic carbocycles. The van der Waals surface area contributed by atoms with Crippen LogP contribution in [0.2, 0.25) is 0 Å². The first-order chi connectivity index (χ1) is 6.09. The summed E-state index contributed by atoms with van der Waals surface area (Å²) < 4.78 is 5.03. The molecule has 0 atom stereocenters. The summed E-state index contributed by atoms with van der Waals surface area (Å²) in [5.74, 6) is 0. The van der Waals surface area contributed by atoms with Crippen LogP contribution in [0.5, 0.6) is 0 Å². The lowest BCUT2D eigenvalue weighted by atomic mass is 10.2. The predicted molar refractivity (Wildman–Crippen MR) is 57.9 cm³/mol. The molecule has 0 heterocycles. The van der Waals surface area contributed by atoms with Crippen molar-refractivity contribution in [1.29, 1.82) is 0 Å². The number of carbonyl (C=O) groups excluding carboxylic acids is 1. The minimum Gasteiger partial charge on any atom is -0.449 e. The highest BCUT2D eigenvalue weighted by Crippen LogP contribution is 2.37. The third kappa shape index (κ3) is 3.72. The van der Waals surface area contributed by atoms with Gasteiger partial charge in [-0.1, -0.05) is 0 Å². The highest BCUT2D eigenvalue weighted by atomic mass is 35.5. The number of halogens is 1. The highest BCUT2D eigenvalue weighted by molar-refractivity contribution is 5.85. The van der Waals surface area contributed by atoms with Gasteiger partial charge >= 0.3 is 6.09 Å². The van der Waals surface area contributed by atoms with E-state index in [4.69, 9.17) is 4.74 Å². The quantitative estimate of drug-likeness (QED) is 0.779. The summed E-state index contributed by atoms with van der Waals surface area (Å²) >= 11 is 0. The maximum atomic E-state index is 11.0. The molecule has 1 amide bonds. The van der Waals surface area contributed by atoms with Crippen molar-refractivity contribution in [2.75, 3.05) is 27.7 Å². The standard InChI is InChI=1S/C9H18N2O2.ClH/c1-10-9(4-5-9)6-7-13-8(12)11(2)3;/h10H,4-7H2,1-3H3;1H. The van der Waals surface area contributed by atoms with E-state index in [0.29, 0.717) is 6.61 Å². The van der Waals surface area contributed by atoms with E-state index in [1.807, 2.05) is 7.05 Å². The van der Waals surface area contributed by atoms with E-state index in [1.54, 1.807) is 14.1 Å². The molecule has 1 saturated carbocycles. The average molecular weight is 223 g/mol.